The molecular weight excluding hydrogens is 482 g/mol. The van der Waals surface area contributed by atoms with Gasteiger partial charge in [0.05, 0.1) is 30.4 Å². The predicted molar refractivity (Wildman–Crippen MR) is 138 cm³/mol. The van der Waals surface area contributed by atoms with E-state index in [1.165, 1.54) is 24.1 Å². The number of Topliss-reactive ketones (excluding diaryl/α,β-unsaturated/α-hetero) is 1. The molecule has 1 fully saturated rings. The van der Waals surface area contributed by atoms with Crippen molar-refractivity contribution in [1.82, 2.24) is 0 Å². The fraction of sp³-hybridized carbons (Fsp3) is 0.214. The van der Waals surface area contributed by atoms with Crippen molar-refractivity contribution >= 4 is 34.7 Å². The van der Waals surface area contributed by atoms with Crippen LogP contribution in [0.5, 0.6) is 17.2 Å². The first-order valence-electron chi connectivity index (χ1n) is 11.4. The Hall–Kier alpha value is -3.97. The molecule has 1 aliphatic heterocycles. The molecule has 1 unspecified atom stereocenters. The van der Waals surface area contributed by atoms with Crippen molar-refractivity contribution in [2.75, 3.05) is 18.6 Å². The standard InChI is InChI=1S/C28H26ClNO6/c1-16(2)15-36-20-11-7-8-17(12-20)25(31)23-24(18-13-21(29)26(32)22(14-18)35-3)30(28(34)27(23)33)19-9-5-4-6-10-19/h4-14,16,24,31-32H,15H2,1-3H3/b25-23+. The van der Waals surface area contributed by atoms with E-state index in [1.54, 1.807) is 54.6 Å². The summed E-state index contributed by atoms with van der Waals surface area (Å²) in [7, 11) is 1.37. The van der Waals surface area contributed by atoms with Crippen LogP contribution in [-0.4, -0.2) is 35.6 Å². The average Bonchev–Trinajstić information content (AvgIpc) is 3.14. The molecule has 3 aromatic carbocycles. The third-order valence-electron chi connectivity index (χ3n) is 5.76. The molecule has 3 aromatic rings. The molecule has 36 heavy (non-hydrogen) atoms. The molecule has 7 nitrogen and oxygen atoms in total. The number of aromatic hydroxyl groups is 1. The Morgan fingerprint density at radius 2 is 1.78 bits per heavy atom. The minimum atomic E-state index is -1.03. The molecule has 0 saturated carbocycles. The third kappa shape index (κ3) is 4.75. The van der Waals surface area contributed by atoms with Crippen molar-refractivity contribution < 1.29 is 29.3 Å². The van der Waals surface area contributed by atoms with Crippen molar-refractivity contribution in [3.8, 4) is 17.2 Å². The van der Waals surface area contributed by atoms with Gasteiger partial charge in [-0.2, -0.15) is 0 Å². The first kappa shape index (κ1) is 25.1. The van der Waals surface area contributed by atoms with Gasteiger partial charge in [0, 0.05) is 11.3 Å². The Kier molecular flexibility index (Phi) is 7.22. The van der Waals surface area contributed by atoms with Crippen LogP contribution in [0.15, 0.2) is 72.3 Å². The van der Waals surface area contributed by atoms with E-state index in [1.807, 2.05) is 13.8 Å². The molecule has 0 spiro atoms. The Balaban J connectivity index is 1.92. The lowest BCUT2D eigenvalue weighted by Gasteiger charge is -2.26. The van der Waals surface area contributed by atoms with E-state index in [9.17, 15) is 19.8 Å². The van der Waals surface area contributed by atoms with Gasteiger partial charge < -0.3 is 19.7 Å². The summed E-state index contributed by atoms with van der Waals surface area (Å²) in [5, 5.41) is 21.6. The third-order valence-corrected chi connectivity index (χ3v) is 6.04. The van der Waals surface area contributed by atoms with Crippen molar-refractivity contribution in [1.29, 1.82) is 0 Å². The lowest BCUT2D eigenvalue weighted by Crippen LogP contribution is -2.29. The second kappa shape index (κ2) is 10.3. The number of amides is 1. The summed E-state index contributed by atoms with van der Waals surface area (Å²) in [6, 6.07) is 17.3. The fourth-order valence-electron chi connectivity index (χ4n) is 4.06. The maximum atomic E-state index is 13.3. The zero-order valence-electron chi connectivity index (χ0n) is 20.1. The highest BCUT2D eigenvalue weighted by Gasteiger charge is 2.47. The number of aliphatic hydroxyl groups is 1. The number of para-hydroxylation sites is 1. The zero-order chi connectivity index (χ0) is 26.0. The number of rotatable bonds is 7. The van der Waals surface area contributed by atoms with Gasteiger partial charge >= 0.3 is 0 Å². The number of hydrogen-bond donors (Lipinski definition) is 2. The van der Waals surface area contributed by atoms with Gasteiger partial charge in [-0.25, -0.2) is 0 Å². The zero-order valence-corrected chi connectivity index (χ0v) is 20.8. The number of nitrogens with zero attached hydrogens (tertiary/aromatic N) is 1. The second-order valence-corrected chi connectivity index (χ2v) is 9.20. The van der Waals surface area contributed by atoms with E-state index < -0.39 is 17.7 Å². The van der Waals surface area contributed by atoms with Crippen LogP contribution in [0, 0.1) is 5.92 Å². The van der Waals surface area contributed by atoms with Gasteiger partial charge in [0.1, 0.15) is 11.5 Å². The summed E-state index contributed by atoms with van der Waals surface area (Å²) in [6.07, 6.45) is 0. The maximum absolute atomic E-state index is 13.3. The highest BCUT2D eigenvalue weighted by molar-refractivity contribution is 6.51. The molecule has 0 radical (unpaired) electrons. The Bertz CT molecular complexity index is 1340. The number of methoxy groups -OCH3 is 1. The number of phenols is 1. The van der Waals surface area contributed by atoms with E-state index >= 15 is 0 Å². The van der Waals surface area contributed by atoms with Gasteiger partial charge in [0.25, 0.3) is 11.7 Å². The largest absolute Gasteiger partial charge is 0.507 e. The average molecular weight is 508 g/mol. The van der Waals surface area contributed by atoms with E-state index in [0.29, 0.717) is 35.1 Å². The van der Waals surface area contributed by atoms with Gasteiger partial charge in [-0.15, -0.1) is 0 Å². The number of anilines is 1. The number of carbonyl (C=O) groups excluding carboxylic acids is 2. The molecule has 1 atom stereocenters. The first-order chi connectivity index (χ1) is 17.2. The minimum Gasteiger partial charge on any atom is -0.507 e. The summed E-state index contributed by atoms with van der Waals surface area (Å²) in [6.45, 7) is 4.52. The number of phenolic OH excluding ortho intramolecular Hbond substituents is 1. The molecule has 8 heteroatoms. The van der Waals surface area contributed by atoms with Gasteiger partial charge in [0.2, 0.25) is 0 Å². The highest BCUT2D eigenvalue weighted by atomic mass is 35.5. The summed E-state index contributed by atoms with van der Waals surface area (Å²) >= 11 is 6.25. The highest BCUT2D eigenvalue weighted by Crippen LogP contribution is 2.46. The van der Waals surface area contributed by atoms with Crippen LogP contribution in [0.1, 0.15) is 31.0 Å². The van der Waals surface area contributed by atoms with E-state index in [0.717, 1.165) is 0 Å². The van der Waals surface area contributed by atoms with Gasteiger partial charge in [0.15, 0.2) is 11.5 Å². The summed E-state index contributed by atoms with van der Waals surface area (Å²) in [5.74, 6) is -1.38. The second-order valence-electron chi connectivity index (χ2n) is 8.79. The molecule has 4 rings (SSSR count). The molecule has 186 valence electrons. The molecule has 0 aliphatic carbocycles. The summed E-state index contributed by atoms with van der Waals surface area (Å²) in [4.78, 5) is 27.9. The van der Waals surface area contributed by atoms with E-state index in [2.05, 4.69) is 0 Å². The normalized spacial score (nSPS) is 17.0. The van der Waals surface area contributed by atoms with Crippen LogP contribution in [0.4, 0.5) is 5.69 Å². The van der Waals surface area contributed by atoms with Crippen LogP contribution in [0.25, 0.3) is 5.76 Å². The van der Waals surface area contributed by atoms with Crippen molar-refractivity contribution in [3.63, 3.8) is 0 Å². The van der Waals surface area contributed by atoms with E-state index in [4.69, 9.17) is 21.1 Å². The van der Waals surface area contributed by atoms with Crippen LogP contribution in [0.3, 0.4) is 0 Å². The first-order valence-corrected chi connectivity index (χ1v) is 11.8. The number of benzene rings is 3. The number of ketones is 1. The van der Waals surface area contributed by atoms with Gasteiger partial charge in [-0.05, 0) is 47.9 Å². The lowest BCUT2D eigenvalue weighted by atomic mass is 9.94. The molecule has 1 saturated heterocycles. The van der Waals surface area contributed by atoms with Crippen LogP contribution < -0.4 is 14.4 Å². The SMILES string of the molecule is COc1cc(C2/C(=C(\O)c3cccc(OCC(C)C)c3)C(=O)C(=O)N2c2ccccc2)cc(Cl)c1O. The number of ether oxygens (including phenoxy) is 2. The van der Waals surface area contributed by atoms with Gasteiger partial charge in [-0.3, -0.25) is 14.5 Å². The van der Waals surface area contributed by atoms with Crippen LogP contribution in [0.2, 0.25) is 5.02 Å². The minimum absolute atomic E-state index is 0.0212. The molecule has 1 heterocycles. The molecule has 0 bridgehead atoms. The Morgan fingerprint density at radius 1 is 1.06 bits per heavy atom. The topological polar surface area (TPSA) is 96.3 Å². The van der Waals surface area contributed by atoms with Crippen LogP contribution >= 0.6 is 11.6 Å². The summed E-state index contributed by atoms with van der Waals surface area (Å²) < 4.78 is 11.0. The van der Waals surface area contributed by atoms with Crippen molar-refractivity contribution in [2.24, 2.45) is 5.92 Å². The van der Waals surface area contributed by atoms with E-state index in [-0.39, 0.29) is 27.9 Å². The molecule has 1 aliphatic rings. The monoisotopic (exact) mass is 507 g/mol. The molecule has 0 aromatic heterocycles. The number of halogens is 1. The number of aliphatic hydroxyl groups excluding tert-OH is 1. The molecular formula is C28H26ClNO6. The van der Waals surface area contributed by atoms with Crippen molar-refractivity contribution in [2.45, 2.75) is 19.9 Å². The number of hydrogen-bond acceptors (Lipinski definition) is 6. The Labute approximate surface area is 214 Å². The molecule has 2 N–H and O–H groups in total. The quantitative estimate of drug-likeness (QED) is 0.241. The smallest absolute Gasteiger partial charge is 0.300 e. The maximum Gasteiger partial charge on any atom is 0.300 e. The van der Waals surface area contributed by atoms with Gasteiger partial charge in [-0.1, -0.05) is 55.8 Å². The molecule has 1 amide bonds. The fourth-order valence-corrected chi connectivity index (χ4v) is 4.28. The summed E-state index contributed by atoms with van der Waals surface area (Å²) in [5.41, 5.74) is 1.05. The Morgan fingerprint density at radius 3 is 2.44 bits per heavy atom. The van der Waals surface area contributed by atoms with Crippen molar-refractivity contribution in [3.05, 3.63) is 88.5 Å². The number of carbonyl (C=O) groups is 2. The lowest BCUT2D eigenvalue weighted by molar-refractivity contribution is -0.132. The van der Waals surface area contributed by atoms with Crippen LogP contribution in [-0.2, 0) is 9.59 Å². The predicted octanol–water partition coefficient (Wildman–Crippen LogP) is 5.72.